The second kappa shape index (κ2) is 6.41. The van der Waals surface area contributed by atoms with Gasteiger partial charge in [-0.1, -0.05) is 20.8 Å². The molecule has 1 N–H and O–H groups in total. The summed E-state index contributed by atoms with van der Waals surface area (Å²) in [7, 11) is 0. The van der Waals surface area contributed by atoms with E-state index in [0.29, 0.717) is 0 Å². The number of hydrogen-bond acceptors (Lipinski definition) is 2. The van der Waals surface area contributed by atoms with E-state index >= 15 is 0 Å². The van der Waals surface area contributed by atoms with Gasteiger partial charge < -0.3 is 5.32 Å². The molecule has 0 heterocycles. The molecule has 0 amide bonds. The third kappa shape index (κ3) is 4.97. The van der Waals surface area contributed by atoms with Crippen molar-refractivity contribution in [3.05, 3.63) is 0 Å². The molecule has 0 radical (unpaired) electrons. The normalized spacial score (nSPS) is 16.9. The third-order valence-electron chi connectivity index (χ3n) is 2.67. The molecule has 1 saturated carbocycles. The largest absolute Gasteiger partial charge is 0.315 e. The van der Waals surface area contributed by atoms with Crippen LogP contribution in [0.2, 0.25) is 0 Å². The molecule has 0 saturated heterocycles. The molecule has 1 aliphatic rings. The van der Waals surface area contributed by atoms with Crippen LogP contribution >= 0.6 is 0 Å². The first kappa shape index (κ1) is 12.0. The Morgan fingerprint density at radius 1 is 1.29 bits per heavy atom. The summed E-state index contributed by atoms with van der Waals surface area (Å²) in [6.45, 7) is 11.7. The van der Waals surface area contributed by atoms with Crippen molar-refractivity contribution < 1.29 is 0 Å². The maximum Gasteiger partial charge on any atom is 0.0110 e. The Kier molecular flexibility index (Phi) is 5.49. The van der Waals surface area contributed by atoms with Crippen molar-refractivity contribution in [3.63, 3.8) is 0 Å². The van der Waals surface area contributed by atoms with Crippen LogP contribution in [0.5, 0.6) is 0 Å². The summed E-state index contributed by atoms with van der Waals surface area (Å²) in [5.74, 6) is 0.807. The molecule has 2 heteroatoms. The summed E-state index contributed by atoms with van der Waals surface area (Å²) in [6.07, 6.45) is 4.11. The highest BCUT2D eigenvalue weighted by Crippen LogP contribution is 2.26. The molecular weight excluding hydrogens is 172 g/mol. The van der Waals surface area contributed by atoms with Crippen LogP contribution in [-0.2, 0) is 0 Å². The minimum Gasteiger partial charge on any atom is -0.315 e. The minimum atomic E-state index is 0.807. The smallest absolute Gasteiger partial charge is 0.0110 e. The van der Waals surface area contributed by atoms with Gasteiger partial charge in [0.15, 0.2) is 0 Å². The molecule has 0 aromatic carbocycles. The Hall–Kier alpha value is -0.0800. The van der Waals surface area contributed by atoms with E-state index in [4.69, 9.17) is 0 Å². The van der Waals surface area contributed by atoms with Crippen molar-refractivity contribution in [2.45, 2.75) is 46.1 Å². The van der Waals surface area contributed by atoms with E-state index in [9.17, 15) is 0 Å². The van der Waals surface area contributed by atoms with Crippen LogP contribution in [0.4, 0.5) is 0 Å². The van der Waals surface area contributed by atoms with E-state index in [1.54, 1.807) is 0 Å². The quantitative estimate of drug-likeness (QED) is 0.601. The monoisotopic (exact) mass is 198 g/mol. The Bertz CT molecular complexity index is 141. The molecule has 0 aromatic rings. The van der Waals surface area contributed by atoms with Crippen LogP contribution in [0.1, 0.15) is 40.0 Å². The van der Waals surface area contributed by atoms with E-state index in [1.165, 1.54) is 38.9 Å². The molecular formula is C12H26N2. The SMILES string of the molecule is CCCNCCN(CC(C)C)C1CC1. The van der Waals surface area contributed by atoms with Gasteiger partial charge in [0, 0.05) is 25.7 Å². The number of nitrogens with one attached hydrogen (secondary N) is 1. The lowest BCUT2D eigenvalue weighted by atomic mass is 10.2. The third-order valence-corrected chi connectivity index (χ3v) is 2.67. The summed E-state index contributed by atoms with van der Waals surface area (Å²) in [6, 6.07) is 0.917. The van der Waals surface area contributed by atoms with Gasteiger partial charge in [-0.3, -0.25) is 4.90 Å². The van der Waals surface area contributed by atoms with Crippen molar-refractivity contribution in [2.75, 3.05) is 26.2 Å². The fourth-order valence-corrected chi connectivity index (χ4v) is 1.86. The molecule has 0 spiro atoms. The maximum absolute atomic E-state index is 3.48. The van der Waals surface area contributed by atoms with Crippen LogP contribution < -0.4 is 5.32 Å². The second-order valence-electron chi connectivity index (χ2n) is 4.87. The van der Waals surface area contributed by atoms with Crippen molar-refractivity contribution in [3.8, 4) is 0 Å². The molecule has 0 bridgehead atoms. The standard InChI is InChI=1S/C12H26N2/c1-4-7-13-8-9-14(10-11(2)3)12-5-6-12/h11-13H,4-10H2,1-3H3. The van der Waals surface area contributed by atoms with E-state index in [1.807, 2.05) is 0 Å². The highest BCUT2D eigenvalue weighted by Gasteiger charge is 2.28. The first-order valence-electron chi connectivity index (χ1n) is 6.18. The van der Waals surface area contributed by atoms with Gasteiger partial charge in [0.1, 0.15) is 0 Å². The average Bonchev–Trinajstić information content (AvgIpc) is 2.92. The zero-order valence-electron chi connectivity index (χ0n) is 10.1. The lowest BCUT2D eigenvalue weighted by Gasteiger charge is -2.24. The fraction of sp³-hybridized carbons (Fsp3) is 1.00. The molecule has 0 unspecified atom stereocenters. The topological polar surface area (TPSA) is 15.3 Å². The lowest BCUT2D eigenvalue weighted by molar-refractivity contribution is 0.235. The molecule has 14 heavy (non-hydrogen) atoms. The Labute approximate surface area is 89.1 Å². The van der Waals surface area contributed by atoms with Crippen molar-refractivity contribution in [1.29, 1.82) is 0 Å². The zero-order chi connectivity index (χ0) is 10.4. The molecule has 0 atom stereocenters. The molecule has 1 fully saturated rings. The maximum atomic E-state index is 3.48. The Morgan fingerprint density at radius 2 is 2.00 bits per heavy atom. The van der Waals surface area contributed by atoms with Gasteiger partial charge in [-0.25, -0.2) is 0 Å². The van der Waals surface area contributed by atoms with E-state index in [0.717, 1.165) is 18.5 Å². The van der Waals surface area contributed by atoms with Gasteiger partial charge in [0.25, 0.3) is 0 Å². The molecule has 1 rings (SSSR count). The van der Waals surface area contributed by atoms with Crippen LogP contribution in [0, 0.1) is 5.92 Å². The molecule has 0 aliphatic heterocycles. The first-order chi connectivity index (χ1) is 6.74. The van der Waals surface area contributed by atoms with Crippen LogP contribution in [0.25, 0.3) is 0 Å². The fourth-order valence-electron chi connectivity index (χ4n) is 1.86. The zero-order valence-corrected chi connectivity index (χ0v) is 10.1. The van der Waals surface area contributed by atoms with Gasteiger partial charge in [-0.2, -0.15) is 0 Å². The number of hydrogen-bond donors (Lipinski definition) is 1. The molecule has 84 valence electrons. The van der Waals surface area contributed by atoms with Crippen molar-refractivity contribution in [1.82, 2.24) is 10.2 Å². The summed E-state index contributed by atoms with van der Waals surface area (Å²) < 4.78 is 0. The van der Waals surface area contributed by atoms with Crippen LogP contribution in [0.15, 0.2) is 0 Å². The van der Waals surface area contributed by atoms with Crippen molar-refractivity contribution >= 4 is 0 Å². The van der Waals surface area contributed by atoms with Gasteiger partial charge in [0.05, 0.1) is 0 Å². The average molecular weight is 198 g/mol. The molecule has 0 aromatic heterocycles. The van der Waals surface area contributed by atoms with Crippen LogP contribution in [-0.4, -0.2) is 37.1 Å². The number of nitrogens with zero attached hydrogens (tertiary/aromatic N) is 1. The summed E-state index contributed by atoms with van der Waals surface area (Å²) in [5, 5.41) is 3.48. The number of rotatable bonds is 8. The van der Waals surface area contributed by atoms with Crippen LogP contribution in [0.3, 0.4) is 0 Å². The van der Waals surface area contributed by atoms with Gasteiger partial charge in [-0.15, -0.1) is 0 Å². The first-order valence-corrected chi connectivity index (χ1v) is 6.18. The highest BCUT2D eigenvalue weighted by atomic mass is 15.2. The predicted octanol–water partition coefficient (Wildman–Crippen LogP) is 2.11. The lowest BCUT2D eigenvalue weighted by Crippen LogP contribution is -2.36. The Morgan fingerprint density at radius 3 is 2.50 bits per heavy atom. The summed E-state index contributed by atoms with van der Waals surface area (Å²) >= 11 is 0. The summed E-state index contributed by atoms with van der Waals surface area (Å²) in [4.78, 5) is 2.66. The predicted molar refractivity (Wildman–Crippen MR) is 62.6 cm³/mol. The highest BCUT2D eigenvalue weighted by molar-refractivity contribution is 4.85. The Balaban J connectivity index is 2.09. The van der Waals surface area contributed by atoms with Gasteiger partial charge in [0.2, 0.25) is 0 Å². The van der Waals surface area contributed by atoms with E-state index in [-0.39, 0.29) is 0 Å². The van der Waals surface area contributed by atoms with E-state index < -0.39 is 0 Å². The van der Waals surface area contributed by atoms with Crippen molar-refractivity contribution in [2.24, 2.45) is 5.92 Å². The molecule has 2 nitrogen and oxygen atoms in total. The molecule has 1 aliphatic carbocycles. The van der Waals surface area contributed by atoms with E-state index in [2.05, 4.69) is 31.0 Å². The minimum absolute atomic E-state index is 0.807. The summed E-state index contributed by atoms with van der Waals surface area (Å²) in [5.41, 5.74) is 0. The second-order valence-corrected chi connectivity index (χ2v) is 4.87. The van der Waals surface area contributed by atoms with Gasteiger partial charge in [-0.05, 0) is 31.7 Å². The van der Waals surface area contributed by atoms with Gasteiger partial charge >= 0.3 is 0 Å².